The fourth-order valence-electron chi connectivity index (χ4n) is 2.60. The summed E-state index contributed by atoms with van der Waals surface area (Å²) in [6.45, 7) is 0.770. The van der Waals surface area contributed by atoms with Gasteiger partial charge in [-0.1, -0.05) is 0 Å². The van der Waals surface area contributed by atoms with Crippen molar-refractivity contribution in [2.45, 2.75) is 19.3 Å². The number of hydrogen-bond donors (Lipinski definition) is 2. The van der Waals surface area contributed by atoms with Crippen molar-refractivity contribution in [1.29, 1.82) is 0 Å². The molecule has 0 saturated heterocycles. The molecule has 0 aliphatic heterocycles. The minimum Gasteiger partial charge on any atom is -0.497 e. The Morgan fingerprint density at radius 2 is 1.82 bits per heavy atom. The second-order valence-electron chi connectivity index (χ2n) is 5.36. The first-order valence-corrected chi connectivity index (χ1v) is 7.37. The van der Waals surface area contributed by atoms with Crippen molar-refractivity contribution in [2.24, 2.45) is 11.8 Å². The number of hydrogen-bond acceptors (Lipinski definition) is 4. The van der Waals surface area contributed by atoms with Crippen molar-refractivity contribution in [3.63, 3.8) is 0 Å². The molecule has 0 unspecified atom stereocenters. The predicted octanol–water partition coefficient (Wildman–Crippen LogP) is 1.69. The van der Waals surface area contributed by atoms with E-state index in [-0.39, 0.29) is 17.7 Å². The van der Waals surface area contributed by atoms with E-state index in [1.54, 1.807) is 31.4 Å². The molecule has 1 amide bonds. The van der Waals surface area contributed by atoms with Crippen molar-refractivity contribution >= 4 is 11.9 Å². The lowest BCUT2D eigenvalue weighted by atomic mass is 10.0. The van der Waals surface area contributed by atoms with E-state index in [4.69, 9.17) is 14.6 Å². The van der Waals surface area contributed by atoms with E-state index in [1.807, 2.05) is 0 Å². The van der Waals surface area contributed by atoms with Crippen LogP contribution in [0.3, 0.4) is 0 Å². The van der Waals surface area contributed by atoms with Crippen molar-refractivity contribution in [3.8, 4) is 11.5 Å². The molecule has 2 rings (SSSR count). The summed E-state index contributed by atoms with van der Waals surface area (Å²) in [6, 6.07) is 7.21. The molecule has 1 aromatic rings. The summed E-state index contributed by atoms with van der Waals surface area (Å²) in [6.07, 6.45) is 1.65. The van der Waals surface area contributed by atoms with Gasteiger partial charge in [0, 0.05) is 5.92 Å². The first kappa shape index (κ1) is 16.1. The lowest BCUT2D eigenvalue weighted by Crippen LogP contribution is -2.33. The third kappa shape index (κ3) is 4.38. The molecule has 6 nitrogen and oxygen atoms in total. The van der Waals surface area contributed by atoms with Gasteiger partial charge in [0.15, 0.2) is 0 Å². The fraction of sp³-hybridized carbons (Fsp3) is 0.500. The highest BCUT2D eigenvalue weighted by Crippen LogP contribution is 2.31. The highest BCUT2D eigenvalue weighted by molar-refractivity contribution is 5.80. The van der Waals surface area contributed by atoms with E-state index in [9.17, 15) is 9.59 Å². The second kappa shape index (κ2) is 7.68. The molecule has 0 aromatic heterocycles. The summed E-state index contributed by atoms with van der Waals surface area (Å²) < 4.78 is 10.6. The Kier molecular flexibility index (Phi) is 5.63. The molecule has 0 bridgehead atoms. The van der Waals surface area contributed by atoms with Crippen LogP contribution in [-0.2, 0) is 9.59 Å². The Bertz CT molecular complexity index is 514. The van der Waals surface area contributed by atoms with Crippen molar-refractivity contribution in [1.82, 2.24) is 5.32 Å². The monoisotopic (exact) mass is 307 g/mol. The molecule has 0 spiro atoms. The Morgan fingerprint density at radius 3 is 2.41 bits per heavy atom. The average Bonchev–Trinajstić information content (AvgIpc) is 3.02. The molecule has 22 heavy (non-hydrogen) atoms. The summed E-state index contributed by atoms with van der Waals surface area (Å²) in [5.41, 5.74) is 0. The van der Waals surface area contributed by atoms with Crippen LogP contribution >= 0.6 is 0 Å². The normalized spacial score (nSPS) is 20.4. The molecule has 1 aliphatic carbocycles. The van der Waals surface area contributed by atoms with Crippen LogP contribution in [0.5, 0.6) is 11.5 Å². The van der Waals surface area contributed by atoms with Gasteiger partial charge in [0.1, 0.15) is 18.1 Å². The molecular formula is C16H21NO5. The van der Waals surface area contributed by atoms with Gasteiger partial charge in [0.05, 0.1) is 19.6 Å². The molecule has 0 heterocycles. The van der Waals surface area contributed by atoms with Gasteiger partial charge in [0.25, 0.3) is 0 Å². The molecule has 1 saturated carbocycles. The quantitative estimate of drug-likeness (QED) is 0.749. The molecule has 120 valence electrons. The van der Waals surface area contributed by atoms with Crippen LogP contribution in [-0.4, -0.2) is 37.2 Å². The SMILES string of the molecule is COc1ccc(OCCNC(=O)[C@@H]2CC[C@H](C(=O)O)C2)cc1. The molecule has 1 aliphatic rings. The minimum absolute atomic E-state index is 0.0814. The average molecular weight is 307 g/mol. The number of ether oxygens (including phenoxy) is 2. The van der Waals surface area contributed by atoms with E-state index >= 15 is 0 Å². The van der Waals surface area contributed by atoms with E-state index < -0.39 is 5.97 Å². The van der Waals surface area contributed by atoms with E-state index in [2.05, 4.69) is 5.32 Å². The zero-order valence-corrected chi connectivity index (χ0v) is 12.6. The van der Waals surface area contributed by atoms with Gasteiger partial charge < -0.3 is 19.9 Å². The highest BCUT2D eigenvalue weighted by Gasteiger charge is 2.33. The Labute approximate surface area is 129 Å². The van der Waals surface area contributed by atoms with Gasteiger partial charge in [-0.2, -0.15) is 0 Å². The highest BCUT2D eigenvalue weighted by atomic mass is 16.5. The van der Waals surface area contributed by atoms with Crippen LogP contribution < -0.4 is 14.8 Å². The first-order valence-electron chi connectivity index (χ1n) is 7.37. The number of rotatable bonds is 7. The maximum absolute atomic E-state index is 11.9. The number of aliphatic carboxylic acids is 1. The molecule has 1 fully saturated rings. The van der Waals surface area contributed by atoms with Crippen LogP contribution in [0.2, 0.25) is 0 Å². The zero-order valence-electron chi connectivity index (χ0n) is 12.6. The molecule has 2 atom stereocenters. The molecule has 0 radical (unpaired) electrons. The lowest BCUT2D eigenvalue weighted by Gasteiger charge is -2.11. The Morgan fingerprint density at radius 1 is 1.18 bits per heavy atom. The number of carbonyl (C=O) groups is 2. The summed E-state index contributed by atoms with van der Waals surface area (Å²) in [4.78, 5) is 22.8. The van der Waals surface area contributed by atoms with E-state index in [0.717, 1.165) is 5.75 Å². The van der Waals surface area contributed by atoms with Gasteiger partial charge in [-0.3, -0.25) is 9.59 Å². The largest absolute Gasteiger partial charge is 0.497 e. The van der Waals surface area contributed by atoms with Gasteiger partial charge in [0.2, 0.25) is 5.91 Å². The first-order chi connectivity index (χ1) is 10.6. The summed E-state index contributed by atoms with van der Waals surface area (Å²) in [5, 5.41) is 11.7. The number of benzene rings is 1. The maximum atomic E-state index is 11.9. The van der Waals surface area contributed by atoms with E-state index in [1.165, 1.54) is 0 Å². The maximum Gasteiger partial charge on any atom is 0.306 e. The summed E-state index contributed by atoms with van der Waals surface area (Å²) >= 11 is 0. The standard InChI is InChI=1S/C16H21NO5/c1-21-13-4-6-14(7-5-13)22-9-8-17-15(18)11-2-3-12(10-11)16(19)20/h4-7,11-12H,2-3,8-10H2,1H3,(H,17,18)(H,19,20)/t11-,12+/m1/s1. The van der Waals surface area contributed by atoms with Crippen LogP contribution in [0.25, 0.3) is 0 Å². The smallest absolute Gasteiger partial charge is 0.306 e. The third-order valence-corrected chi connectivity index (χ3v) is 3.88. The number of carboxylic acids is 1. The van der Waals surface area contributed by atoms with Gasteiger partial charge >= 0.3 is 5.97 Å². The van der Waals surface area contributed by atoms with Crippen LogP contribution in [0.15, 0.2) is 24.3 Å². The molecule has 6 heteroatoms. The summed E-state index contributed by atoms with van der Waals surface area (Å²) in [5.74, 6) is 0.00494. The number of carboxylic acid groups (broad SMARTS) is 1. The molecule has 1 aromatic carbocycles. The summed E-state index contributed by atoms with van der Waals surface area (Å²) in [7, 11) is 1.60. The van der Waals surface area contributed by atoms with Crippen LogP contribution in [0.1, 0.15) is 19.3 Å². The van der Waals surface area contributed by atoms with Crippen LogP contribution in [0.4, 0.5) is 0 Å². The number of methoxy groups -OCH3 is 1. The number of carbonyl (C=O) groups excluding carboxylic acids is 1. The Balaban J connectivity index is 1.66. The van der Waals surface area contributed by atoms with Crippen LogP contribution in [0, 0.1) is 11.8 Å². The third-order valence-electron chi connectivity index (χ3n) is 3.88. The molecular weight excluding hydrogens is 286 g/mol. The predicted molar refractivity (Wildman–Crippen MR) is 80.0 cm³/mol. The van der Waals surface area contributed by atoms with E-state index in [0.29, 0.717) is 38.2 Å². The topological polar surface area (TPSA) is 84.9 Å². The minimum atomic E-state index is -0.807. The molecule has 2 N–H and O–H groups in total. The second-order valence-corrected chi connectivity index (χ2v) is 5.36. The number of nitrogens with one attached hydrogen (secondary N) is 1. The number of amides is 1. The van der Waals surface area contributed by atoms with Crippen molar-refractivity contribution in [2.75, 3.05) is 20.3 Å². The van der Waals surface area contributed by atoms with Gasteiger partial charge in [-0.25, -0.2) is 0 Å². The lowest BCUT2D eigenvalue weighted by molar-refractivity contribution is -0.141. The van der Waals surface area contributed by atoms with Gasteiger partial charge in [-0.15, -0.1) is 0 Å². The fourth-order valence-corrected chi connectivity index (χ4v) is 2.60. The van der Waals surface area contributed by atoms with Gasteiger partial charge in [-0.05, 0) is 43.5 Å². The van der Waals surface area contributed by atoms with Crippen molar-refractivity contribution in [3.05, 3.63) is 24.3 Å². The van der Waals surface area contributed by atoms with Crippen molar-refractivity contribution < 1.29 is 24.2 Å². The zero-order chi connectivity index (χ0) is 15.9. The Hall–Kier alpha value is -2.24.